The molecule has 0 bridgehead atoms. The number of rotatable bonds is 5. The third-order valence-corrected chi connectivity index (χ3v) is 3.08. The molecule has 0 aliphatic carbocycles. The molecule has 2 rings (SSSR count). The van der Waals surface area contributed by atoms with Crippen LogP contribution in [-0.2, 0) is 0 Å². The van der Waals surface area contributed by atoms with Gasteiger partial charge in [-0.05, 0) is 38.1 Å². The average Bonchev–Trinajstić information content (AvgIpc) is 2.99. The number of ether oxygens (including phenoxy) is 2. The minimum absolute atomic E-state index is 0.148. The van der Waals surface area contributed by atoms with Crippen molar-refractivity contribution in [2.45, 2.75) is 13.8 Å². The first kappa shape index (κ1) is 16.4. The molecule has 1 aromatic heterocycles. The second-order valence-electron chi connectivity index (χ2n) is 4.64. The van der Waals surface area contributed by atoms with Crippen molar-refractivity contribution in [3.63, 3.8) is 0 Å². The Kier molecular flexibility index (Phi) is 5.24. The molecule has 1 aromatic carbocycles. The van der Waals surface area contributed by atoms with Crippen molar-refractivity contribution >= 4 is 11.8 Å². The van der Waals surface area contributed by atoms with Gasteiger partial charge < -0.3 is 13.9 Å². The van der Waals surface area contributed by atoms with Gasteiger partial charge in [0.05, 0.1) is 20.0 Å². The van der Waals surface area contributed by atoms with Gasteiger partial charge in [0.2, 0.25) is 0 Å². The lowest BCUT2D eigenvalue weighted by Gasteiger charge is -2.11. The number of hydrogen-bond acceptors (Lipinski definition) is 5. The van der Waals surface area contributed by atoms with Gasteiger partial charge in [-0.15, -0.1) is 0 Å². The number of amides is 2. The Hall–Kier alpha value is -2.96. The molecule has 0 aliphatic heterocycles. The molecule has 23 heavy (non-hydrogen) atoms. The van der Waals surface area contributed by atoms with Crippen LogP contribution in [0, 0.1) is 6.92 Å². The largest absolute Gasteiger partial charge is 0.493 e. The van der Waals surface area contributed by atoms with Gasteiger partial charge in [-0.1, -0.05) is 0 Å². The van der Waals surface area contributed by atoms with Crippen molar-refractivity contribution in [1.82, 2.24) is 10.9 Å². The number of carbonyl (C=O) groups is 2. The Morgan fingerprint density at radius 3 is 2.48 bits per heavy atom. The maximum atomic E-state index is 12.1. The van der Waals surface area contributed by atoms with E-state index in [2.05, 4.69) is 10.9 Å². The highest BCUT2D eigenvalue weighted by Gasteiger charge is 2.15. The Balaban J connectivity index is 2.03. The lowest BCUT2D eigenvalue weighted by atomic mass is 10.2. The van der Waals surface area contributed by atoms with Crippen LogP contribution in [0.4, 0.5) is 0 Å². The fourth-order valence-corrected chi connectivity index (χ4v) is 1.93. The minimum Gasteiger partial charge on any atom is -0.493 e. The zero-order valence-electron chi connectivity index (χ0n) is 13.1. The van der Waals surface area contributed by atoms with E-state index >= 15 is 0 Å². The third kappa shape index (κ3) is 3.82. The number of aryl methyl sites for hydroxylation is 1. The van der Waals surface area contributed by atoms with Crippen LogP contribution in [0.15, 0.2) is 34.9 Å². The molecular formula is C16H18N2O5. The molecule has 2 N–H and O–H groups in total. The molecule has 7 heteroatoms. The number of nitrogens with one attached hydrogen (secondary N) is 2. The average molecular weight is 318 g/mol. The SMILES string of the molecule is CCOc1ccc(C(=O)NNC(=O)c2occc2C)cc1OC. The van der Waals surface area contributed by atoms with Crippen LogP contribution in [-0.4, -0.2) is 25.5 Å². The Morgan fingerprint density at radius 1 is 1.13 bits per heavy atom. The van der Waals surface area contributed by atoms with Crippen molar-refractivity contribution < 1.29 is 23.5 Å². The molecule has 0 saturated heterocycles. The van der Waals surface area contributed by atoms with Crippen molar-refractivity contribution in [3.05, 3.63) is 47.4 Å². The van der Waals surface area contributed by atoms with Gasteiger partial charge in [0.1, 0.15) is 0 Å². The van der Waals surface area contributed by atoms with Crippen molar-refractivity contribution in [2.75, 3.05) is 13.7 Å². The smallest absolute Gasteiger partial charge is 0.305 e. The number of benzene rings is 1. The molecule has 0 fully saturated rings. The maximum Gasteiger partial charge on any atom is 0.305 e. The lowest BCUT2D eigenvalue weighted by molar-refractivity contribution is 0.0830. The quantitative estimate of drug-likeness (QED) is 0.824. The predicted molar refractivity (Wildman–Crippen MR) is 82.5 cm³/mol. The predicted octanol–water partition coefficient (Wildman–Crippen LogP) is 2.07. The Morgan fingerprint density at radius 2 is 1.87 bits per heavy atom. The van der Waals surface area contributed by atoms with Crippen LogP contribution >= 0.6 is 0 Å². The number of methoxy groups -OCH3 is 1. The highest BCUT2D eigenvalue weighted by atomic mass is 16.5. The first-order valence-corrected chi connectivity index (χ1v) is 7.02. The van der Waals surface area contributed by atoms with Crippen LogP contribution in [0.5, 0.6) is 11.5 Å². The summed E-state index contributed by atoms with van der Waals surface area (Å²) < 4.78 is 15.6. The fourth-order valence-electron chi connectivity index (χ4n) is 1.93. The van der Waals surface area contributed by atoms with Gasteiger partial charge >= 0.3 is 5.91 Å². The normalized spacial score (nSPS) is 10.0. The summed E-state index contributed by atoms with van der Waals surface area (Å²) in [5.41, 5.74) is 5.62. The van der Waals surface area contributed by atoms with E-state index in [1.54, 1.807) is 25.1 Å². The number of furan rings is 1. The summed E-state index contributed by atoms with van der Waals surface area (Å²) in [4.78, 5) is 23.9. The molecule has 0 aliphatic rings. The highest BCUT2D eigenvalue weighted by molar-refractivity contribution is 5.98. The van der Waals surface area contributed by atoms with Crippen LogP contribution in [0.25, 0.3) is 0 Å². The summed E-state index contributed by atoms with van der Waals surface area (Å²) in [6.45, 7) is 4.07. The second-order valence-corrected chi connectivity index (χ2v) is 4.64. The van der Waals surface area contributed by atoms with Crippen LogP contribution in [0.2, 0.25) is 0 Å². The van der Waals surface area contributed by atoms with E-state index in [4.69, 9.17) is 13.9 Å². The van der Waals surface area contributed by atoms with E-state index < -0.39 is 11.8 Å². The summed E-state index contributed by atoms with van der Waals surface area (Å²) in [6, 6.07) is 6.40. The van der Waals surface area contributed by atoms with E-state index in [1.807, 2.05) is 6.92 Å². The first-order chi connectivity index (χ1) is 11.1. The van der Waals surface area contributed by atoms with Crippen LogP contribution in [0.3, 0.4) is 0 Å². The van der Waals surface area contributed by atoms with E-state index in [0.717, 1.165) is 0 Å². The molecular weight excluding hydrogens is 300 g/mol. The maximum absolute atomic E-state index is 12.1. The molecule has 1 heterocycles. The zero-order valence-corrected chi connectivity index (χ0v) is 13.1. The van der Waals surface area contributed by atoms with Gasteiger partial charge in [-0.25, -0.2) is 0 Å². The molecule has 0 spiro atoms. The van der Waals surface area contributed by atoms with E-state index in [-0.39, 0.29) is 5.76 Å². The van der Waals surface area contributed by atoms with E-state index in [9.17, 15) is 9.59 Å². The van der Waals surface area contributed by atoms with Gasteiger partial charge in [-0.3, -0.25) is 20.4 Å². The molecule has 0 radical (unpaired) electrons. The molecule has 0 atom stereocenters. The van der Waals surface area contributed by atoms with Crippen molar-refractivity contribution in [1.29, 1.82) is 0 Å². The topological polar surface area (TPSA) is 89.8 Å². The van der Waals surface area contributed by atoms with Gasteiger partial charge in [0.25, 0.3) is 5.91 Å². The second kappa shape index (κ2) is 7.35. The number of hydrogen-bond donors (Lipinski definition) is 2. The Bertz CT molecular complexity index is 708. The molecule has 2 amide bonds. The standard InChI is InChI=1S/C16H18N2O5/c1-4-22-12-6-5-11(9-13(12)21-3)15(19)17-18-16(20)14-10(2)7-8-23-14/h5-9H,4H2,1-3H3,(H,17,19)(H,18,20). The third-order valence-electron chi connectivity index (χ3n) is 3.08. The monoisotopic (exact) mass is 318 g/mol. The molecule has 0 saturated carbocycles. The lowest BCUT2D eigenvalue weighted by Crippen LogP contribution is -2.41. The minimum atomic E-state index is -0.529. The van der Waals surface area contributed by atoms with Crippen molar-refractivity contribution in [3.8, 4) is 11.5 Å². The fraction of sp³-hybridized carbons (Fsp3) is 0.250. The molecule has 0 unspecified atom stereocenters. The summed E-state index contributed by atoms with van der Waals surface area (Å²) >= 11 is 0. The zero-order chi connectivity index (χ0) is 16.8. The number of hydrazine groups is 1. The van der Waals surface area contributed by atoms with Crippen LogP contribution in [0.1, 0.15) is 33.4 Å². The van der Waals surface area contributed by atoms with Crippen molar-refractivity contribution in [2.24, 2.45) is 0 Å². The molecule has 7 nitrogen and oxygen atoms in total. The van der Waals surface area contributed by atoms with Gasteiger partial charge in [0.15, 0.2) is 17.3 Å². The summed E-state index contributed by atoms with van der Waals surface area (Å²) in [7, 11) is 1.49. The summed E-state index contributed by atoms with van der Waals surface area (Å²) in [5, 5.41) is 0. The summed E-state index contributed by atoms with van der Waals surface area (Å²) in [5.74, 6) is 0.117. The highest BCUT2D eigenvalue weighted by Crippen LogP contribution is 2.27. The van der Waals surface area contributed by atoms with Gasteiger partial charge in [0, 0.05) is 11.1 Å². The molecule has 2 aromatic rings. The Labute approximate surface area is 133 Å². The summed E-state index contributed by atoms with van der Waals surface area (Å²) in [6.07, 6.45) is 1.41. The molecule has 122 valence electrons. The van der Waals surface area contributed by atoms with E-state index in [1.165, 1.54) is 19.4 Å². The first-order valence-electron chi connectivity index (χ1n) is 7.02. The van der Waals surface area contributed by atoms with Crippen LogP contribution < -0.4 is 20.3 Å². The van der Waals surface area contributed by atoms with Gasteiger partial charge in [-0.2, -0.15) is 0 Å². The van der Waals surface area contributed by atoms with E-state index in [0.29, 0.717) is 29.2 Å². The number of carbonyl (C=O) groups excluding carboxylic acids is 2.